The van der Waals surface area contributed by atoms with Crippen molar-refractivity contribution in [3.63, 3.8) is 0 Å². The molecule has 1 aliphatic heterocycles. The SMILES string of the molecule is O=C(O)[C@]1(CC2CC2)CN(Cc2ccc(C(F)(F)F)cc2F)CC[C@H]1O. The fraction of sp³-hybridized carbons (Fsp3) is 0.611. The molecule has 0 aromatic heterocycles. The Morgan fingerprint density at radius 1 is 1.27 bits per heavy atom. The van der Waals surface area contributed by atoms with Gasteiger partial charge < -0.3 is 10.2 Å². The van der Waals surface area contributed by atoms with Crippen LogP contribution in [0.1, 0.15) is 36.8 Å². The van der Waals surface area contributed by atoms with E-state index in [1.54, 1.807) is 4.90 Å². The quantitative estimate of drug-likeness (QED) is 0.776. The standard InChI is InChI=1S/C18H21F4NO3/c19-14-7-13(18(20,21)22)4-3-12(14)9-23-6-5-15(24)17(10-23,16(25)26)8-11-1-2-11/h3-4,7,11,15,24H,1-2,5-6,8-10H2,(H,25,26)/t15-,17-/m1/s1. The molecule has 2 aliphatic rings. The van der Waals surface area contributed by atoms with E-state index in [0.29, 0.717) is 19.0 Å². The second-order valence-corrected chi connectivity index (χ2v) is 7.43. The summed E-state index contributed by atoms with van der Waals surface area (Å²) in [7, 11) is 0. The summed E-state index contributed by atoms with van der Waals surface area (Å²) in [6, 6.07) is 2.38. The molecule has 1 saturated heterocycles. The Kier molecular flexibility index (Phi) is 5.00. The number of alkyl halides is 3. The Balaban J connectivity index is 1.76. The van der Waals surface area contributed by atoms with Crippen LogP contribution in [0.3, 0.4) is 0 Å². The summed E-state index contributed by atoms with van der Waals surface area (Å²) >= 11 is 0. The minimum atomic E-state index is -4.61. The van der Waals surface area contributed by atoms with Gasteiger partial charge in [-0.15, -0.1) is 0 Å². The van der Waals surface area contributed by atoms with Gasteiger partial charge in [-0.2, -0.15) is 13.2 Å². The molecule has 1 aliphatic carbocycles. The Morgan fingerprint density at radius 3 is 2.50 bits per heavy atom. The number of benzene rings is 1. The van der Waals surface area contributed by atoms with E-state index in [4.69, 9.17) is 0 Å². The van der Waals surface area contributed by atoms with Crippen molar-refractivity contribution in [1.29, 1.82) is 0 Å². The fourth-order valence-electron chi connectivity index (χ4n) is 3.73. The molecule has 0 bridgehead atoms. The van der Waals surface area contributed by atoms with Crippen LogP contribution < -0.4 is 0 Å². The maximum absolute atomic E-state index is 14.1. The van der Waals surface area contributed by atoms with E-state index in [0.717, 1.165) is 25.0 Å². The molecular weight excluding hydrogens is 354 g/mol. The van der Waals surface area contributed by atoms with Gasteiger partial charge in [-0.1, -0.05) is 18.9 Å². The summed E-state index contributed by atoms with van der Waals surface area (Å²) in [6.07, 6.45) is -3.10. The van der Waals surface area contributed by atoms with E-state index in [2.05, 4.69) is 0 Å². The molecule has 144 valence electrons. The Morgan fingerprint density at radius 2 is 1.96 bits per heavy atom. The zero-order chi connectivity index (χ0) is 19.1. The Hall–Kier alpha value is -1.67. The first-order valence-corrected chi connectivity index (χ1v) is 8.61. The van der Waals surface area contributed by atoms with Gasteiger partial charge in [0.05, 0.1) is 11.7 Å². The molecule has 1 aromatic carbocycles. The van der Waals surface area contributed by atoms with Gasteiger partial charge in [0, 0.05) is 25.2 Å². The number of aliphatic hydroxyl groups excluding tert-OH is 1. The maximum Gasteiger partial charge on any atom is 0.416 e. The molecule has 0 radical (unpaired) electrons. The minimum absolute atomic E-state index is 0.0103. The van der Waals surface area contributed by atoms with Gasteiger partial charge in [-0.05, 0) is 30.9 Å². The monoisotopic (exact) mass is 375 g/mol. The molecule has 3 rings (SSSR count). The highest BCUT2D eigenvalue weighted by atomic mass is 19.4. The lowest BCUT2D eigenvalue weighted by Crippen LogP contribution is -2.56. The largest absolute Gasteiger partial charge is 0.481 e. The molecule has 2 fully saturated rings. The van der Waals surface area contributed by atoms with Crippen molar-refractivity contribution in [2.75, 3.05) is 13.1 Å². The second kappa shape index (κ2) is 6.81. The highest BCUT2D eigenvalue weighted by Gasteiger charge is 2.51. The molecule has 0 spiro atoms. The van der Waals surface area contributed by atoms with Crippen molar-refractivity contribution >= 4 is 5.97 Å². The highest BCUT2D eigenvalue weighted by molar-refractivity contribution is 5.76. The summed E-state index contributed by atoms with van der Waals surface area (Å²) in [5, 5.41) is 20.0. The number of aliphatic hydroxyl groups is 1. The van der Waals surface area contributed by atoms with E-state index in [-0.39, 0.29) is 31.0 Å². The van der Waals surface area contributed by atoms with Gasteiger partial charge in [0.1, 0.15) is 11.2 Å². The normalized spacial score (nSPS) is 27.5. The molecule has 1 saturated carbocycles. The lowest BCUT2D eigenvalue weighted by molar-refractivity contribution is -0.165. The number of piperidine rings is 1. The van der Waals surface area contributed by atoms with E-state index in [1.807, 2.05) is 0 Å². The van der Waals surface area contributed by atoms with Gasteiger partial charge in [-0.3, -0.25) is 9.69 Å². The molecule has 0 amide bonds. The van der Waals surface area contributed by atoms with Crippen LogP contribution in [0.2, 0.25) is 0 Å². The number of rotatable bonds is 5. The first kappa shape index (κ1) is 19.1. The van der Waals surface area contributed by atoms with Crippen LogP contribution in [0.25, 0.3) is 0 Å². The van der Waals surface area contributed by atoms with Crippen LogP contribution in [0.4, 0.5) is 17.6 Å². The number of hydrogen-bond acceptors (Lipinski definition) is 3. The van der Waals surface area contributed by atoms with Gasteiger partial charge in [0.2, 0.25) is 0 Å². The average molecular weight is 375 g/mol. The number of carboxylic acid groups (broad SMARTS) is 1. The fourth-order valence-corrected chi connectivity index (χ4v) is 3.73. The van der Waals surface area contributed by atoms with Crippen molar-refractivity contribution in [3.8, 4) is 0 Å². The third-order valence-electron chi connectivity index (χ3n) is 5.41. The van der Waals surface area contributed by atoms with Crippen LogP contribution >= 0.6 is 0 Å². The topological polar surface area (TPSA) is 60.8 Å². The average Bonchev–Trinajstić information content (AvgIpc) is 3.35. The lowest BCUT2D eigenvalue weighted by atomic mass is 9.73. The molecule has 0 unspecified atom stereocenters. The van der Waals surface area contributed by atoms with Crippen molar-refractivity contribution < 1.29 is 32.6 Å². The van der Waals surface area contributed by atoms with E-state index >= 15 is 0 Å². The Labute approximate surface area is 148 Å². The van der Waals surface area contributed by atoms with Crippen molar-refractivity contribution in [2.45, 2.75) is 44.5 Å². The molecule has 8 heteroatoms. The molecule has 26 heavy (non-hydrogen) atoms. The molecule has 4 nitrogen and oxygen atoms in total. The zero-order valence-electron chi connectivity index (χ0n) is 14.1. The van der Waals surface area contributed by atoms with E-state index < -0.39 is 35.0 Å². The summed E-state index contributed by atoms with van der Waals surface area (Å²) in [4.78, 5) is 13.6. The van der Waals surface area contributed by atoms with Crippen molar-refractivity contribution in [2.24, 2.45) is 11.3 Å². The number of hydrogen-bond donors (Lipinski definition) is 2. The van der Waals surface area contributed by atoms with Crippen molar-refractivity contribution in [3.05, 3.63) is 35.1 Å². The summed E-state index contributed by atoms with van der Waals surface area (Å²) in [5.74, 6) is -1.76. The van der Waals surface area contributed by atoms with E-state index in [9.17, 15) is 32.6 Å². The summed E-state index contributed by atoms with van der Waals surface area (Å²) < 4.78 is 52.0. The molecule has 1 heterocycles. The number of carboxylic acids is 1. The molecular formula is C18H21F4NO3. The highest BCUT2D eigenvalue weighted by Crippen LogP contribution is 2.45. The summed E-state index contributed by atoms with van der Waals surface area (Å²) in [5.41, 5.74) is -2.27. The van der Waals surface area contributed by atoms with Crippen LogP contribution in [0.5, 0.6) is 0 Å². The molecule has 2 atom stereocenters. The zero-order valence-corrected chi connectivity index (χ0v) is 14.1. The van der Waals surface area contributed by atoms with Gasteiger partial charge in [0.15, 0.2) is 0 Å². The molecule has 2 N–H and O–H groups in total. The number of carbonyl (C=O) groups is 1. The Bertz CT molecular complexity index is 690. The third-order valence-corrected chi connectivity index (χ3v) is 5.41. The minimum Gasteiger partial charge on any atom is -0.481 e. The van der Waals surface area contributed by atoms with Crippen molar-refractivity contribution in [1.82, 2.24) is 4.90 Å². The predicted molar refractivity (Wildman–Crippen MR) is 84.7 cm³/mol. The maximum atomic E-state index is 14.1. The smallest absolute Gasteiger partial charge is 0.416 e. The van der Waals surface area contributed by atoms with Gasteiger partial charge in [0.25, 0.3) is 0 Å². The molecule has 1 aromatic rings. The number of nitrogens with zero attached hydrogens (tertiary/aromatic N) is 1. The number of aliphatic carboxylic acids is 1. The number of likely N-dealkylation sites (tertiary alicyclic amines) is 1. The predicted octanol–water partition coefficient (Wildman–Crippen LogP) is 3.28. The van der Waals surface area contributed by atoms with Crippen LogP contribution in [0.15, 0.2) is 18.2 Å². The van der Waals surface area contributed by atoms with Crippen LogP contribution in [-0.4, -0.2) is 40.3 Å². The third kappa shape index (κ3) is 3.86. The van der Waals surface area contributed by atoms with Crippen LogP contribution in [-0.2, 0) is 17.5 Å². The number of halogens is 4. The summed E-state index contributed by atoms with van der Waals surface area (Å²) in [6.45, 7) is 0.429. The second-order valence-electron chi connectivity index (χ2n) is 7.43. The van der Waals surface area contributed by atoms with Gasteiger partial charge in [-0.25, -0.2) is 4.39 Å². The first-order chi connectivity index (χ1) is 12.1. The van der Waals surface area contributed by atoms with Crippen LogP contribution in [0, 0.1) is 17.2 Å². The van der Waals surface area contributed by atoms with E-state index in [1.165, 1.54) is 0 Å². The van der Waals surface area contributed by atoms with Gasteiger partial charge >= 0.3 is 12.1 Å². The lowest BCUT2D eigenvalue weighted by Gasteiger charge is -2.43. The first-order valence-electron chi connectivity index (χ1n) is 8.61.